The van der Waals surface area contributed by atoms with E-state index in [1.807, 2.05) is 24.1 Å². The number of hydrogen-bond donors (Lipinski definition) is 2. The summed E-state index contributed by atoms with van der Waals surface area (Å²) in [5.74, 6) is 0. The lowest BCUT2D eigenvalue weighted by atomic mass is 9.94. The van der Waals surface area contributed by atoms with Crippen LogP contribution < -0.4 is 11.1 Å². The number of nitrogens with zero attached hydrogens (tertiary/aromatic N) is 3. The lowest BCUT2D eigenvalue weighted by Gasteiger charge is -2.18. The van der Waals surface area contributed by atoms with Crippen LogP contribution in [0, 0.1) is 13.8 Å². The van der Waals surface area contributed by atoms with Gasteiger partial charge in [0.1, 0.15) is 5.65 Å². The van der Waals surface area contributed by atoms with Crippen LogP contribution in [0.4, 0.5) is 5.69 Å². The molecule has 3 heterocycles. The predicted molar refractivity (Wildman–Crippen MR) is 130 cm³/mol. The number of anilines is 1. The Bertz CT molecular complexity index is 1260. The van der Waals surface area contributed by atoms with Gasteiger partial charge in [0.2, 0.25) is 0 Å². The van der Waals surface area contributed by atoms with Gasteiger partial charge in [-0.05, 0) is 43.0 Å². The number of aryl methyl sites for hydroxylation is 3. The monoisotopic (exact) mass is 417 g/mol. The van der Waals surface area contributed by atoms with Crippen molar-refractivity contribution in [2.45, 2.75) is 46.8 Å². The topological polar surface area (TPSA) is 72.5 Å². The molecule has 1 aromatic carbocycles. The van der Waals surface area contributed by atoms with Crippen LogP contribution in [-0.4, -0.2) is 27.8 Å². The highest BCUT2D eigenvalue weighted by atomic mass is 28.3. The largest absolute Gasteiger partial charge is 0.398 e. The summed E-state index contributed by atoms with van der Waals surface area (Å²) in [5.41, 5.74) is 16.4. The van der Waals surface area contributed by atoms with Gasteiger partial charge in [0.15, 0.2) is 0 Å². The molecule has 3 N–H and O–H groups in total. The Kier molecular flexibility index (Phi) is 4.85. The standard InChI is InChI=1S/C24H31N5Si/c1-8-17-19(18-13-27-29(4)15(18)3)12-26-23-22(17)21(24(28-23)30(5,6)7)16-10-9-14(2)20(25)11-16/h9-13H,8,25H2,1-7H3,(H,26,28). The normalized spacial score (nSPS) is 12.1. The zero-order valence-electron chi connectivity index (χ0n) is 19.0. The third-order valence-corrected chi connectivity index (χ3v) is 8.00. The number of aromatic amines is 1. The maximum atomic E-state index is 6.32. The summed E-state index contributed by atoms with van der Waals surface area (Å²) in [4.78, 5) is 8.57. The minimum Gasteiger partial charge on any atom is -0.398 e. The van der Waals surface area contributed by atoms with Crippen LogP contribution in [0.2, 0.25) is 19.6 Å². The molecule has 0 aliphatic carbocycles. The number of benzene rings is 1. The SMILES string of the molecule is CCc1c(-c2cnn(C)c2C)cnc2[nH]c([Si](C)(C)C)c(-c3ccc(C)c(N)c3)c12. The molecule has 0 bridgehead atoms. The zero-order chi connectivity index (χ0) is 21.8. The summed E-state index contributed by atoms with van der Waals surface area (Å²) in [6.45, 7) is 13.5. The Morgan fingerprint density at radius 3 is 2.40 bits per heavy atom. The van der Waals surface area contributed by atoms with Gasteiger partial charge in [0.25, 0.3) is 0 Å². The summed E-state index contributed by atoms with van der Waals surface area (Å²) in [5, 5.41) is 7.01. The quantitative estimate of drug-likeness (QED) is 0.365. The molecule has 3 aromatic heterocycles. The molecule has 0 fully saturated rings. The maximum absolute atomic E-state index is 6.32. The average molecular weight is 418 g/mol. The van der Waals surface area contributed by atoms with Crippen LogP contribution in [0.15, 0.2) is 30.6 Å². The summed E-state index contributed by atoms with van der Waals surface area (Å²) < 4.78 is 1.92. The Hall–Kier alpha value is -2.86. The van der Waals surface area contributed by atoms with Crippen LogP contribution >= 0.6 is 0 Å². The molecule has 0 atom stereocenters. The van der Waals surface area contributed by atoms with Gasteiger partial charge in [-0.25, -0.2) is 4.98 Å². The van der Waals surface area contributed by atoms with Crippen LogP contribution in [0.3, 0.4) is 0 Å². The van der Waals surface area contributed by atoms with Crippen molar-refractivity contribution in [3.8, 4) is 22.3 Å². The highest BCUT2D eigenvalue weighted by Gasteiger charge is 2.28. The number of H-pyrrole nitrogens is 1. The fourth-order valence-electron chi connectivity index (χ4n) is 4.23. The number of nitrogens with two attached hydrogens (primary N) is 1. The maximum Gasteiger partial charge on any atom is 0.138 e. The Labute approximate surface area is 179 Å². The molecule has 0 radical (unpaired) electrons. The van der Waals surface area contributed by atoms with E-state index in [0.29, 0.717) is 0 Å². The second-order valence-electron chi connectivity index (χ2n) is 9.19. The average Bonchev–Trinajstić information content (AvgIpc) is 3.24. The van der Waals surface area contributed by atoms with Crippen molar-refractivity contribution >= 4 is 30.1 Å². The van der Waals surface area contributed by atoms with E-state index in [9.17, 15) is 0 Å². The molecule has 4 rings (SSSR count). The first kappa shape index (κ1) is 20.4. The number of aromatic nitrogens is 4. The molecule has 0 aliphatic rings. The lowest BCUT2D eigenvalue weighted by molar-refractivity contribution is 0.740. The van der Waals surface area contributed by atoms with Gasteiger partial charge in [-0.15, -0.1) is 0 Å². The second-order valence-corrected chi connectivity index (χ2v) is 14.2. The first-order valence-corrected chi connectivity index (χ1v) is 14.0. The minimum absolute atomic E-state index is 0.827. The molecule has 30 heavy (non-hydrogen) atoms. The van der Waals surface area contributed by atoms with Crippen molar-refractivity contribution in [1.82, 2.24) is 19.7 Å². The first-order valence-electron chi connectivity index (χ1n) is 10.5. The Balaban J connectivity index is 2.13. The van der Waals surface area contributed by atoms with Crippen LogP contribution in [0.5, 0.6) is 0 Å². The van der Waals surface area contributed by atoms with E-state index in [4.69, 9.17) is 10.7 Å². The smallest absolute Gasteiger partial charge is 0.138 e. The van der Waals surface area contributed by atoms with Crippen molar-refractivity contribution in [2.24, 2.45) is 7.05 Å². The van der Waals surface area contributed by atoms with Gasteiger partial charge in [0.05, 0.1) is 14.3 Å². The number of rotatable bonds is 4. The molecular formula is C24H31N5Si. The molecule has 4 aromatic rings. The van der Waals surface area contributed by atoms with Gasteiger partial charge in [-0.1, -0.05) is 38.7 Å². The minimum atomic E-state index is -1.67. The van der Waals surface area contributed by atoms with Crippen molar-refractivity contribution in [1.29, 1.82) is 0 Å². The fourth-order valence-corrected chi connectivity index (χ4v) is 5.74. The highest BCUT2D eigenvalue weighted by Crippen LogP contribution is 2.37. The molecule has 0 aliphatic heterocycles. The van der Waals surface area contributed by atoms with Gasteiger partial charge < -0.3 is 10.7 Å². The Morgan fingerprint density at radius 1 is 1.10 bits per heavy atom. The van der Waals surface area contributed by atoms with Crippen molar-refractivity contribution in [2.75, 3.05) is 5.73 Å². The summed E-state index contributed by atoms with van der Waals surface area (Å²) >= 11 is 0. The second kappa shape index (κ2) is 7.13. The van der Waals surface area contributed by atoms with Crippen LogP contribution in [-0.2, 0) is 13.5 Å². The van der Waals surface area contributed by atoms with Crippen molar-refractivity contribution < 1.29 is 0 Å². The van der Waals surface area contributed by atoms with Gasteiger partial charge in [0, 0.05) is 52.0 Å². The zero-order valence-corrected chi connectivity index (χ0v) is 20.0. The molecular weight excluding hydrogens is 386 g/mol. The number of nitrogen functional groups attached to an aromatic ring is 1. The van der Waals surface area contributed by atoms with E-state index < -0.39 is 8.07 Å². The molecule has 0 spiro atoms. The van der Waals surface area contributed by atoms with E-state index in [-0.39, 0.29) is 0 Å². The van der Waals surface area contributed by atoms with E-state index >= 15 is 0 Å². The van der Waals surface area contributed by atoms with E-state index in [1.165, 1.54) is 27.4 Å². The predicted octanol–water partition coefficient (Wildman–Crippen LogP) is 4.94. The molecule has 0 saturated carbocycles. The number of nitrogens with one attached hydrogen (secondary N) is 1. The summed E-state index contributed by atoms with van der Waals surface area (Å²) in [6.07, 6.45) is 4.87. The van der Waals surface area contributed by atoms with E-state index in [1.54, 1.807) is 0 Å². The molecule has 0 saturated heterocycles. The highest BCUT2D eigenvalue weighted by molar-refractivity contribution is 6.89. The Morgan fingerprint density at radius 2 is 1.83 bits per heavy atom. The van der Waals surface area contributed by atoms with Crippen molar-refractivity contribution in [3.63, 3.8) is 0 Å². The summed E-state index contributed by atoms with van der Waals surface area (Å²) in [7, 11) is 0.316. The molecule has 156 valence electrons. The number of fused-ring (bicyclic) bond motifs is 1. The third-order valence-electron chi connectivity index (χ3n) is 6.13. The van der Waals surface area contributed by atoms with Gasteiger partial charge in [-0.2, -0.15) is 5.10 Å². The molecule has 6 heteroatoms. The number of pyridine rings is 1. The molecule has 0 amide bonds. The lowest BCUT2D eigenvalue weighted by Crippen LogP contribution is -2.39. The van der Waals surface area contributed by atoms with Crippen LogP contribution in [0.1, 0.15) is 23.7 Å². The summed E-state index contributed by atoms with van der Waals surface area (Å²) in [6, 6.07) is 6.42. The van der Waals surface area contributed by atoms with E-state index in [2.05, 4.69) is 68.7 Å². The van der Waals surface area contributed by atoms with Gasteiger partial charge in [-0.3, -0.25) is 4.68 Å². The van der Waals surface area contributed by atoms with Crippen molar-refractivity contribution in [3.05, 3.63) is 47.4 Å². The molecule has 5 nitrogen and oxygen atoms in total. The number of hydrogen-bond acceptors (Lipinski definition) is 3. The van der Waals surface area contributed by atoms with Gasteiger partial charge >= 0.3 is 0 Å². The van der Waals surface area contributed by atoms with Crippen LogP contribution in [0.25, 0.3) is 33.3 Å². The molecule has 0 unspecified atom stereocenters. The first-order chi connectivity index (χ1) is 14.1. The fraction of sp³-hybridized carbons (Fsp3) is 0.333. The van der Waals surface area contributed by atoms with E-state index in [0.717, 1.165) is 40.1 Å². The third kappa shape index (κ3) is 3.15.